The van der Waals surface area contributed by atoms with Gasteiger partial charge >= 0.3 is 5.97 Å². The van der Waals surface area contributed by atoms with E-state index < -0.39 is 17.9 Å². The van der Waals surface area contributed by atoms with Crippen LogP contribution in [0.5, 0.6) is 0 Å². The van der Waals surface area contributed by atoms with Crippen LogP contribution in [0, 0.1) is 5.92 Å². The second kappa shape index (κ2) is 15.4. The number of hydrogen-bond donors (Lipinski definition) is 3. The van der Waals surface area contributed by atoms with Crippen molar-refractivity contribution in [2.24, 2.45) is 10.9 Å². The van der Waals surface area contributed by atoms with Gasteiger partial charge in [-0.15, -0.1) is 0 Å². The van der Waals surface area contributed by atoms with Crippen LogP contribution < -0.4 is 10.6 Å². The van der Waals surface area contributed by atoms with E-state index in [4.69, 9.17) is 16.6 Å². The summed E-state index contributed by atoms with van der Waals surface area (Å²) >= 11 is 6.37. The number of carbonyl (C=O) groups is 2. The van der Waals surface area contributed by atoms with Gasteiger partial charge in [0.2, 0.25) is 5.91 Å². The van der Waals surface area contributed by atoms with Gasteiger partial charge in [0, 0.05) is 60.2 Å². The number of nitrogens with one attached hydrogen (secondary N) is 2. The molecule has 45 heavy (non-hydrogen) atoms. The Labute approximate surface area is 269 Å². The number of benzene rings is 3. The molecule has 0 radical (unpaired) electrons. The van der Waals surface area contributed by atoms with Crippen molar-refractivity contribution in [1.82, 2.24) is 15.6 Å². The van der Waals surface area contributed by atoms with Gasteiger partial charge in [0.15, 0.2) is 0 Å². The number of rotatable bonds is 13. The zero-order valence-electron chi connectivity index (χ0n) is 25.2. The number of pyridine rings is 1. The first-order valence-electron chi connectivity index (χ1n) is 15.2. The third kappa shape index (κ3) is 8.12. The average Bonchev–Trinajstić information content (AvgIpc) is 3.05. The molecule has 0 fully saturated rings. The molecule has 2 atom stereocenters. The molecule has 0 aliphatic carbocycles. The van der Waals surface area contributed by atoms with E-state index in [1.807, 2.05) is 61.5 Å². The molecule has 1 amide bonds. The van der Waals surface area contributed by atoms with E-state index in [1.165, 1.54) is 11.1 Å². The Bertz CT molecular complexity index is 1620. The molecule has 0 saturated heterocycles. The van der Waals surface area contributed by atoms with E-state index in [0.717, 1.165) is 5.69 Å². The van der Waals surface area contributed by atoms with Gasteiger partial charge < -0.3 is 15.7 Å². The summed E-state index contributed by atoms with van der Waals surface area (Å²) < 4.78 is 0. The quantitative estimate of drug-likeness (QED) is 0.154. The lowest BCUT2D eigenvalue weighted by Gasteiger charge is -2.30. The van der Waals surface area contributed by atoms with E-state index in [0.29, 0.717) is 53.4 Å². The fraction of sp³-hybridized carbons (Fsp3) is 0.243. The highest BCUT2D eigenvalue weighted by Gasteiger charge is 2.38. The first kappa shape index (κ1) is 31.8. The Kier molecular flexibility index (Phi) is 10.9. The van der Waals surface area contributed by atoms with Gasteiger partial charge in [-0.2, -0.15) is 0 Å². The van der Waals surface area contributed by atoms with Crippen molar-refractivity contribution in [3.05, 3.63) is 142 Å². The van der Waals surface area contributed by atoms with Gasteiger partial charge in [-0.3, -0.25) is 19.6 Å². The number of amides is 1. The van der Waals surface area contributed by atoms with Gasteiger partial charge in [0.1, 0.15) is 5.92 Å². The number of aliphatic carboxylic acids is 1. The molecule has 2 heterocycles. The fourth-order valence-corrected chi connectivity index (χ4v) is 6.13. The second-order valence-corrected chi connectivity index (χ2v) is 11.5. The molecule has 0 bridgehead atoms. The Morgan fingerprint density at radius 2 is 1.58 bits per heavy atom. The van der Waals surface area contributed by atoms with E-state index >= 15 is 0 Å². The maximum absolute atomic E-state index is 13.9. The minimum absolute atomic E-state index is 0.0893. The van der Waals surface area contributed by atoms with E-state index in [9.17, 15) is 14.7 Å². The third-order valence-electron chi connectivity index (χ3n) is 8.03. The summed E-state index contributed by atoms with van der Waals surface area (Å²) in [6, 6.07) is 32.7. The molecule has 1 aliphatic rings. The van der Waals surface area contributed by atoms with Gasteiger partial charge in [0.05, 0.1) is 6.04 Å². The van der Waals surface area contributed by atoms with Gasteiger partial charge in [-0.25, -0.2) is 0 Å². The molecule has 4 aromatic rings. The lowest BCUT2D eigenvalue weighted by Crippen LogP contribution is -2.42. The monoisotopic (exact) mass is 620 g/mol. The largest absolute Gasteiger partial charge is 0.480 e. The van der Waals surface area contributed by atoms with Crippen LogP contribution in [0.4, 0.5) is 0 Å². The summed E-state index contributed by atoms with van der Waals surface area (Å²) in [6.07, 6.45) is 3.12. The molecule has 0 saturated carbocycles. The highest BCUT2D eigenvalue weighted by molar-refractivity contribution is 6.31. The number of halogens is 1. The molecule has 1 aliphatic heterocycles. The van der Waals surface area contributed by atoms with Crippen LogP contribution in [0.25, 0.3) is 5.57 Å². The predicted octanol–water partition coefficient (Wildman–Crippen LogP) is 6.20. The van der Waals surface area contributed by atoms with Gasteiger partial charge in [-0.1, -0.05) is 90.5 Å². The highest BCUT2D eigenvalue weighted by Crippen LogP contribution is 2.36. The van der Waals surface area contributed by atoms with Crippen LogP contribution in [0.3, 0.4) is 0 Å². The average molecular weight is 621 g/mol. The zero-order chi connectivity index (χ0) is 31.6. The number of aliphatic imine (C=N–C) groups is 1. The van der Waals surface area contributed by atoms with Crippen LogP contribution >= 0.6 is 11.6 Å². The number of carbonyl (C=O) groups excluding carboxylic acids is 1. The van der Waals surface area contributed by atoms with Crippen molar-refractivity contribution in [1.29, 1.82) is 0 Å². The predicted molar refractivity (Wildman–Crippen MR) is 180 cm³/mol. The second-order valence-electron chi connectivity index (χ2n) is 11.1. The van der Waals surface area contributed by atoms with Crippen LogP contribution in [0.1, 0.15) is 41.6 Å². The lowest BCUT2D eigenvalue weighted by molar-refractivity contribution is -0.137. The molecule has 8 heteroatoms. The summed E-state index contributed by atoms with van der Waals surface area (Å²) in [5.41, 5.74) is 5.11. The third-order valence-corrected chi connectivity index (χ3v) is 8.26. The number of nitrogens with zero attached hydrogens (tertiary/aromatic N) is 2. The minimum Gasteiger partial charge on any atom is -0.480 e. The van der Waals surface area contributed by atoms with Crippen molar-refractivity contribution in [2.45, 2.75) is 31.7 Å². The first-order chi connectivity index (χ1) is 21.9. The van der Waals surface area contributed by atoms with E-state index in [1.54, 1.807) is 30.5 Å². The molecule has 230 valence electrons. The van der Waals surface area contributed by atoms with Crippen molar-refractivity contribution < 1.29 is 14.7 Å². The van der Waals surface area contributed by atoms with Gasteiger partial charge in [-0.05, 0) is 59.9 Å². The number of carboxylic acid groups (broad SMARTS) is 1. The SMILES string of the molecule is CC1N=C(CNCCc2ccccn2)C(C(=O)O)C(c2cccc(Cl)c2)=C1C(=O)NCCC(c1ccccc1)c1ccccc1. The first-order valence-corrected chi connectivity index (χ1v) is 15.6. The maximum Gasteiger partial charge on any atom is 0.316 e. The number of dihydropyridines is 1. The minimum atomic E-state index is -1.11. The smallest absolute Gasteiger partial charge is 0.316 e. The molecular formula is C37H37ClN4O3. The number of hydrogen-bond acceptors (Lipinski definition) is 5. The number of aromatic nitrogens is 1. The molecule has 3 N–H and O–H groups in total. The summed E-state index contributed by atoms with van der Waals surface area (Å²) in [4.78, 5) is 35.9. The summed E-state index contributed by atoms with van der Waals surface area (Å²) in [7, 11) is 0. The zero-order valence-corrected chi connectivity index (χ0v) is 26.0. The topological polar surface area (TPSA) is 104 Å². The van der Waals surface area contributed by atoms with Crippen molar-refractivity contribution in [2.75, 3.05) is 19.6 Å². The summed E-state index contributed by atoms with van der Waals surface area (Å²) in [5, 5.41) is 17.4. The lowest BCUT2D eigenvalue weighted by atomic mass is 9.80. The maximum atomic E-state index is 13.9. The molecule has 7 nitrogen and oxygen atoms in total. The van der Waals surface area contributed by atoms with Crippen LogP contribution in [0.15, 0.2) is 120 Å². The van der Waals surface area contributed by atoms with Crippen molar-refractivity contribution >= 4 is 34.8 Å². The Morgan fingerprint density at radius 3 is 2.20 bits per heavy atom. The van der Waals surface area contributed by atoms with Gasteiger partial charge in [0.25, 0.3) is 0 Å². The summed E-state index contributed by atoms with van der Waals surface area (Å²) in [5.74, 6) is -2.41. The molecule has 0 spiro atoms. The fourth-order valence-electron chi connectivity index (χ4n) is 5.94. The summed E-state index contributed by atoms with van der Waals surface area (Å²) in [6.45, 7) is 3.10. The Morgan fingerprint density at radius 1 is 0.889 bits per heavy atom. The highest BCUT2D eigenvalue weighted by atomic mass is 35.5. The Hall–Kier alpha value is -4.59. The number of carboxylic acids is 1. The molecule has 3 aromatic carbocycles. The van der Waals surface area contributed by atoms with Crippen LogP contribution in [-0.2, 0) is 16.0 Å². The molecule has 1 aromatic heterocycles. The van der Waals surface area contributed by atoms with E-state index in [2.05, 4.69) is 39.9 Å². The molecule has 5 rings (SSSR count). The molecule has 2 unspecified atom stereocenters. The molecular weight excluding hydrogens is 584 g/mol. The van der Waals surface area contributed by atoms with Crippen LogP contribution in [0.2, 0.25) is 5.02 Å². The van der Waals surface area contributed by atoms with Crippen molar-refractivity contribution in [3.63, 3.8) is 0 Å². The normalized spacial score (nSPS) is 16.4. The standard InChI is InChI=1S/C37H37ClN4O3/c1-25-33(36(43)41-22-19-31(26-11-4-2-5-12-26)27-13-6-3-7-14-27)34(28-15-10-16-29(38)23-28)35(37(44)45)32(42-25)24-39-21-18-30-17-8-9-20-40-30/h2-17,20,23,25,31,35,39H,18-19,21-22,24H2,1H3,(H,41,43)(H,44,45). The Balaban J connectivity index is 1.38. The van der Waals surface area contributed by atoms with Crippen molar-refractivity contribution in [3.8, 4) is 0 Å². The van der Waals surface area contributed by atoms with Crippen LogP contribution in [-0.4, -0.2) is 53.4 Å². The van der Waals surface area contributed by atoms with E-state index in [-0.39, 0.29) is 18.4 Å².